The summed E-state index contributed by atoms with van der Waals surface area (Å²) in [7, 11) is -3.56. The molecule has 1 amide bonds. The summed E-state index contributed by atoms with van der Waals surface area (Å²) >= 11 is 0. The lowest BCUT2D eigenvalue weighted by Crippen LogP contribution is -2.33. The van der Waals surface area contributed by atoms with Crippen molar-refractivity contribution in [3.8, 4) is 5.75 Å². The van der Waals surface area contributed by atoms with Crippen molar-refractivity contribution in [2.45, 2.75) is 65.8 Å². The first-order valence-corrected chi connectivity index (χ1v) is 11.3. The smallest absolute Gasteiger partial charge is 0.306 e. The minimum absolute atomic E-state index is 0.157. The lowest BCUT2D eigenvalue weighted by Gasteiger charge is -2.25. The number of amides is 1. The quantitative estimate of drug-likeness (QED) is 0.397. The van der Waals surface area contributed by atoms with Gasteiger partial charge in [0.05, 0.1) is 6.26 Å². The first kappa shape index (κ1) is 22.5. The Morgan fingerprint density at radius 3 is 2.46 bits per heavy atom. The van der Waals surface area contributed by atoms with Gasteiger partial charge in [0.15, 0.2) is 0 Å². The van der Waals surface area contributed by atoms with Gasteiger partial charge in [-0.15, -0.1) is 0 Å². The molecule has 5 nitrogen and oxygen atoms in total. The Labute approximate surface area is 158 Å². The minimum atomic E-state index is -3.56. The van der Waals surface area contributed by atoms with Crippen LogP contribution in [0.1, 0.15) is 64.9 Å². The number of hydrogen-bond acceptors (Lipinski definition) is 4. The fraction of sp³-hybridized carbons (Fsp3) is 0.650. The van der Waals surface area contributed by atoms with Crippen LogP contribution < -0.4 is 4.18 Å². The maximum atomic E-state index is 12.6. The van der Waals surface area contributed by atoms with Crippen LogP contribution in [0.3, 0.4) is 0 Å². The van der Waals surface area contributed by atoms with Crippen molar-refractivity contribution in [3.05, 3.63) is 29.8 Å². The van der Waals surface area contributed by atoms with Crippen LogP contribution in [0.5, 0.6) is 5.75 Å². The molecule has 0 unspecified atom stereocenters. The normalized spacial score (nSPS) is 11.6. The van der Waals surface area contributed by atoms with Crippen molar-refractivity contribution >= 4 is 16.0 Å². The van der Waals surface area contributed by atoms with E-state index in [9.17, 15) is 13.2 Å². The minimum Gasteiger partial charge on any atom is -0.383 e. The van der Waals surface area contributed by atoms with Crippen LogP contribution in [-0.4, -0.2) is 32.0 Å². The number of carbonyl (C=O) groups is 1. The molecule has 0 aliphatic rings. The monoisotopic (exact) mass is 383 g/mol. The zero-order chi connectivity index (χ0) is 19.6. The van der Waals surface area contributed by atoms with E-state index in [4.69, 9.17) is 4.18 Å². The summed E-state index contributed by atoms with van der Waals surface area (Å²) in [6, 6.07) is 6.92. The molecular weight excluding hydrogens is 350 g/mol. The molecule has 1 aromatic carbocycles. The van der Waals surface area contributed by atoms with Crippen LogP contribution >= 0.6 is 0 Å². The number of nitrogens with zero attached hydrogens (tertiary/aromatic N) is 1. The molecule has 0 radical (unpaired) electrons. The molecule has 0 spiro atoms. The molecule has 148 valence electrons. The first-order valence-electron chi connectivity index (χ1n) is 9.47. The largest absolute Gasteiger partial charge is 0.383 e. The fourth-order valence-electron chi connectivity index (χ4n) is 2.82. The van der Waals surface area contributed by atoms with Gasteiger partial charge in [0.25, 0.3) is 0 Å². The van der Waals surface area contributed by atoms with Gasteiger partial charge in [0, 0.05) is 19.5 Å². The molecule has 0 aliphatic heterocycles. The first-order chi connectivity index (χ1) is 12.2. The van der Waals surface area contributed by atoms with Crippen molar-refractivity contribution < 1.29 is 17.4 Å². The van der Waals surface area contributed by atoms with E-state index in [0.717, 1.165) is 24.7 Å². The molecule has 0 aliphatic carbocycles. The van der Waals surface area contributed by atoms with Crippen LogP contribution in [0.2, 0.25) is 0 Å². The van der Waals surface area contributed by atoms with E-state index in [1.165, 1.54) is 19.3 Å². The SMILES string of the molecule is CCCCCCCC(=O)N(Cc1cccc(OS(C)(=O)=O)c1)CC(C)C. The highest BCUT2D eigenvalue weighted by Gasteiger charge is 2.16. The van der Waals surface area contributed by atoms with E-state index >= 15 is 0 Å². The number of benzene rings is 1. The summed E-state index contributed by atoms with van der Waals surface area (Å²) in [5.74, 6) is 0.806. The molecular formula is C20H33NO4S. The van der Waals surface area contributed by atoms with Crippen molar-refractivity contribution in [2.75, 3.05) is 12.8 Å². The Bertz CT molecular complexity index is 656. The Hall–Kier alpha value is -1.56. The molecule has 1 aromatic rings. The number of carbonyl (C=O) groups excluding carboxylic acids is 1. The summed E-state index contributed by atoms with van der Waals surface area (Å²) < 4.78 is 27.5. The third-order valence-electron chi connectivity index (χ3n) is 3.95. The third kappa shape index (κ3) is 9.80. The number of rotatable bonds is 12. The highest BCUT2D eigenvalue weighted by atomic mass is 32.2. The second-order valence-electron chi connectivity index (χ2n) is 7.27. The topological polar surface area (TPSA) is 63.7 Å². The highest BCUT2D eigenvalue weighted by molar-refractivity contribution is 7.86. The predicted octanol–water partition coefficient (Wildman–Crippen LogP) is 4.37. The summed E-state index contributed by atoms with van der Waals surface area (Å²) in [4.78, 5) is 14.5. The van der Waals surface area contributed by atoms with Gasteiger partial charge in [-0.2, -0.15) is 8.42 Å². The average Bonchev–Trinajstić information content (AvgIpc) is 2.52. The van der Waals surface area contributed by atoms with Crippen LogP contribution in [0.15, 0.2) is 24.3 Å². The van der Waals surface area contributed by atoms with Crippen LogP contribution in [0.25, 0.3) is 0 Å². The molecule has 0 bridgehead atoms. The Kier molecular flexibility index (Phi) is 9.70. The Morgan fingerprint density at radius 1 is 1.15 bits per heavy atom. The average molecular weight is 384 g/mol. The van der Waals surface area contributed by atoms with E-state index in [2.05, 4.69) is 20.8 Å². The fourth-order valence-corrected chi connectivity index (χ4v) is 3.28. The van der Waals surface area contributed by atoms with Gasteiger partial charge in [-0.05, 0) is 30.0 Å². The maximum absolute atomic E-state index is 12.6. The van der Waals surface area contributed by atoms with E-state index < -0.39 is 10.1 Å². The van der Waals surface area contributed by atoms with E-state index in [1.54, 1.807) is 18.2 Å². The van der Waals surface area contributed by atoms with Crippen molar-refractivity contribution in [1.82, 2.24) is 4.90 Å². The van der Waals surface area contributed by atoms with Gasteiger partial charge in [0.1, 0.15) is 5.75 Å². The van der Waals surface area contributed by atoms with Crippen molar-refractivity contribution in [2.24, 2.45) is 5.92 Å². The lowest BCUT2D eigenvalue weighted by atomic mass is 10.1. The van der Waals surface area contributed by atoms with E-state index in [1.807, 2.05) is 11.0 Å². The molecule has 0 aromatic heterocycles. The number of unbranched alkanes of at least 4 members (excludes halogenated alkanes) is 4. The summed E-state index contributed by atoms with van der Waals surface area (Å²) in [6.07, 6.45) is 7.19. The standard InChI is InChI=1S/C20H33NO4S/c1-5-6-7-8-9-13-20(22)21(15-17(2)3)16-18-11-10-12-19(14-18)25-26(4,23)24/h10-12,14,17H,5-9,13,15-16H2,1-4H3. The second-order valence-corrected chi connectivity index (χ2v) is 8.84. The summed E-state index contributed by atoms with van der Waals surface area (Å²) in [6.45, 7) is 7.50. The number of hydrogen-bond donors (Lipinski definition) is 0. The molecule has 0 atom stereocenters. The molecule has 26 heavy (non-hydrogen) atoms. The molecule has 1 rings (SSSR count). The third-order valence-corrected chi connectivity index (χ3v) is 4.45. The molecule has 6 heteroatoms. The van der Waals surface area contributed by atoms with Gasteiger partial charge in [-0.25, -0.2) is 0 Å². The van der Waals surface area contributed by atoms with Crippen LogP contribution in [-0.2, 0) is 21.5 Å². The maximum Gasteiger partial charge on any atom is 0.306 e. The Morgan fingerprint density at radius 2 is 1.85 bits per heavy atom. The van der Waals surface area contributed by atoms with Crippen molar-refractivity contribution in [1.29, 1.82) is 0 Å². The van der Waals surface area contributed by atoms with Crippen molar-refractivity contribution in [3.63, 3.8) is 0 Å². The molecule has 0 N–H and O–H groups in total. The van der Waals surface area contributed by atoms with Gasteiger partial charge in [-0.1, -0.05) is 58.6 Å². The molecule has 0 heterocycles. The van der Waals surface area contributed by atoms with Gasteiger partial charge >= 0.3 is 10.1 Å². The van der Waals surface area contributed by atoms with Gasteiger partial charge < -0.3 is 9.08 Å². The zero-order valence-corrected chi connectivity index (χ0v) is 17.3. The molecule has 0 saturated carbocycles. The van der Waals surface area contributed by atoms with E-state index in [0.29, 0.717) is 25.4 Å². The highest BCUT2D eigenvalue weighted by Crippen LogP contribution is 2.18. The van der Waals surface area contributed by atoms with Gasteiger partial charge in [0.2, 0.25) is 5.91 Å². The predicted molar refractivity (Wildman–Crippen MR) is 106 cm³/mol. The molecule has 0 fully saturated rings. The zero-order valence-electron chi connectivity index (χ0n) is 16.5. The summed E-state index contributed by atoms with van der Waals surface area (Å²) in [5, 5.41) is 0. The van der Waals surface area contributed by atoms with Crippen LogP contribution in [0, 0.1) is 5.92 Å². The van der Waals surface area contributed by atoms with Crippen LogP contribution in [0.4, 0.5) is 0 Å². The molecule has 0 saturated heterocycles. The van der Waals surface area contributed by atoms with Gasteiger partial charge in [-0.3, -0.25) is 4.79 Å². The second kappa shape index (κ2) is 11.2. The summed E-state index contributed by atoms with van der Waals surface area (Å²) in [5.41, 5.74) is 0.867. The Balaban J connectivity index is 2.71. The van der Waals surface area contributed by atoms with E-state index in [-0.39, 0.29) is 11.7 Å². The lowest BCUT2D eigenvalue weighted by molar-refractivity contribution is -0.132.